The Bertz CT molecular complexity index is 1100. The number of nitrogens with zero attached hydrogens (tertiary/aromatic N) is 2. The number of carbonyl (C=O) groups is 1. The van der Waals surface area contributed by atoms with Gasteiger partial charge in [0.05, 0.1) is 16.8 Å². The Morgan fingerprint density at radius 2 is 1.93 bits per heavy atom. The van der Waals surface area contributed by atoms with E-state index in [1.807, 2.05) is 0 Å². The van der Waals surface area contributed by atoms with Gasteiger partial charge in [0.1, 0.15) is 5.56 Å². The monoisotopic (exact) mass is 420 g/mol. The predicted molar refractivity (Wildman–Crippen MR) is 112 cm³/mol. The number of carboxylic acids is 1. The van der Waals surface area contributed by atoms with Crippen molar-refractivity contribution in [2.75, 3.05) is 18.5 Å². The Morgan fingerprint density at radius 3 is 2.40 bits per heavy atom. The van der Waals surface area contributed by atoms with Crippen molar-refractivity contribution in [2.24, 2.45) is 0 Å². The fraction of sp³-hybridized carbons (Fsp3) is 0.273. The smallest absolute Gasteiger partial charge is 0.418 e. The number of alkyl halides is 3. The zero-order chi connectivity index (χ0) is 22.8. The Morgan fingerprint density at radius 1 is 1.30 bits per heavy atom. The number of aromatic carboxylic acids is 1. The summed E-state index contributed by atoms with van der Waals surface area (Å²) in [4.78, 5) is 25.5. The highest BCUT2D eigenvalue weighted by Gasteiger charge is 2.36. The highest BCUT2D eigenvalue weighted by molar-refractivity contribution is 5.94. The summed E-state index contributed by atoms with van der Waals surface area (Å²) in [5, 5.41) is 9.02. The van der Waals surface area contributed by atoms with Gasteiger partial charge in [-0.3, -0.25) is 4.79 Å². The predicted octanol–water partition coefficient (Wildman–Crippen LogP) is 5.03. The lowest BCUT2D eigenvalue weighted by molar-refractivity contribution is -0.137. The van der Waals surface area contributed by atoms with Gasteiger partial charge < -0.3 is 14.6 Å². The van der Waals surface area contributed by atoms with Gasteiger partial charge >= 0.3 is 12.1 Å². The maximum absolute atomic E-state index is 13.9. The molecule has 0 aliphatic heterocycles. The zero-order valence-electron chi connectivity index (χ0n) is 17.0. The van der Waals surface area contributed by atoms with E-state index in [2.05, 4.69) is 13.2 Å². The molecule has 160 valence electrons. The molecule has 1 N–H and O–H groups in total. The molecule has 2 rings (SSSR count). The average molecular weight is 420 g/mol. The maximum atomic E-state index is 13.9. The number of hydrogen-bond acceptors (Lipinski definition) is 3. The van der Waals surface area contributed by atoms with Crippen molar-refractivity contribution < 1.29 is 23.1 Å². The third-order valence-electron chi connectivity index (χ3n) is 4.67. The third kappa shape index (κ3) is 4.48. The van der Waals surface area contributed by atoms with Crippen molar-refractivity contribution in [3.8, 4) is 0 Å². The number of carboxylic acid groups (broad SMARTS) is 1. The molecule has 0 aliphatic carbocycles. The second-order valence-electron chi connectivity index (χ2n) is 7.10. The van der Waals surface area contributed by atoms with Gasteiger partial charge in [-0.05, 0) is 31.6 Å². The van der Waals surface area contributed by atoms with Crippen molar-refractivity contribution >= 4 is 22.6 Å². The van der Waals surface area contributed by atoms with Gasteiger partial charge in [-0.2, -0.15) is 13.2 Å². The zero-order valence-corrected chi connectivity index (χ0v) is 17.0. The summed E-state index contributed by atoms with van der Waals surface area (Å²) in [5.41, 5.74) is -1.80. The number of likely N-dealkylation sites (N-methyl/N-ethyl adjacent to an activating group) is 1. The van der Waals surface area contributed by atoms with E-state index in [0.717, 1.165) is 6.07 Å². The Kier molecular flexibility index (Phi) is 6.60. The van der Waals surface area contributed by atoms with Gasteiger partial charge in [0.15, 0.2) is 0 Å². The van der Waals surface area contributed by atoms with E-state index < -0.39 is 28.7 Å². The number of hydrogen-bond donors (Lipinski definition) is 1. The fourth-order valence-electron chi connectivity index (χ4n) is 3.20. The Labute approximate surface area is 172 Å². The van der Waals surface area contributed by atoms with Crippen LogP contribution in [0.5, 0.6) is 0 Å². The quantitative estimate of drug-likeness (QED) is 0.638. The number of benzene rings is 1. The van der Waals surface area contributed by atoms with E-state index in [4.69, 9.17) is 0 Å². The van der Waals surface area contributed by atoms with Crippen LogP contribution in [0.1, 0.15) is 35.8 Å². The second-order valence-corrected chi connectivity index (χ2v) is 7.10. The van der Waals surface area contributed by atoms with Gasteiger partial charge in [0, 0.05) is 31.2 Å². The maximum Gasteiger partial charge on any atom is 0.418 e. The van der Waals surface area contributed by atoms with Crippen molar-refractivity contribution in [3.63, 3.8) is 0 Å². The molecule has 0 fully saturated rings. The van der Waals surface area contributed by atoms with Crippen molar-refractivity contribution in [1.29, 1.82) is 0 Å². The van der Waals surface area contributed by atoms with E-state index in [-0.39, 0.29) is 29.2 Å². The first-order valence-electron chi connectivity index (χ1n) is 9.10. The summed E-state index contributed by atoms with van der Waals surface area (Å²) in [6.45, 7) is 10.9. The van der Waals surface area contributed by atoms with Crippen LogP contribution in [-0.2, 0) is 6.18 Å². The minimum Gasteiger partial charge on any atom is -0.477 e. The Balaban J connectivity index is 2.90. The number of pyridine rings is 1. The van der Waals surface area contributed by atoms with E-state index >= 15 is 0 Å². The molecule has 8 heteroatoms. The highest BCUT2D eigenvalue weighted by Crippen LogP contribution is 2.39. The molecule has 0 bridgehead atoms. The van der Waals surface area contributed by atoms with Gasteiger partial charge in [-0.15, -0.1) is 0 Å². The fourth-order valence-corrected chi connectivity index (χ4v) is 3.20. The first kappa shape index (κ1) is 23.0. The first-order valence-corrected chi connectivity index (χ1v) is 9.10. The van der Waals surface area contributed by atoms with Crippen LogP contribution in [0.2, 0.25) is 0 Å². The van der Waals surface area contributed by atoms with Crippen LogP contribution < -0.4 is 10.3 Å². The number of anilines is 1. The molecule has 1 aromatic heterocycles. The molecule has 0 atom stereocenters. The van der Waals surface area contributed by atoms with Crippen LogP contribution >= 0.6 is 0 Å². The van der Waals surface area contributed by atoms with Gasteiger partial charge in [-0.1, -0.05) is 31.4 Å². The SMILES string of the molecule is C=C/C=C(\C=C)CN(C)c1cc2c(cc1C(F)(F)F)c(=O)c(C(=O)O)cn2C(C)C. The molecule has 0 unspecified atom stereocenters. The standard InChI is InChI=1S/C22H23F3N2O3/c1-6-8-14(7-2)11-26(5)19-10-18-15(9-17(19)22(23,24)25)20(28)16(21(29)30)12-27(18)13(3)4/h6-10,12-13H,1-2,11H2,3-5H3,(H,29,30)/b14-8+. The van der Waals surface area contributed by atoms with Crippen LogP contribution in [-0.4, -0.2) is 29.2 Å². The van der Waals surface area contributed by atoms with E-state index in [1.54, 1.807) is 19.9 Å². The minimum atomic E-state index is -4.75. The summed E-state index contributed by atoms with van der Waals surface area (Å²) < 4.78 is 43.0. The molecular weight excluding hydrogens is 397 g/mol. The van der Waals surface area contributed by atoms with Gasteiger partial charge in [0.25, 0.3) is 0 Å². The minimum absolute atomic E-state index is 0.128. The van der Waals surface area contributed by atoms with Crippen LogP contribution in [0.3, 0.4) is 0 Å². The van der Waals surface area contributed by atoms with E-state index in [1.165, 1.54) is 40.9 Å². The summed E-state index contributed by atoms with van der Waals surface area (Å²) in [6.07, 6.45) is 1.10. The third-order valence-corrected chi connectivity index (χ3v) is 4.67. The van der Waals surface area contributed by atoms with Crippen molar-refractivity contribution in [2.45, 2.75) is 26.1 Å². The largest absolute Gasteiger partial charge is 0.477 e. The van der Waals surface area contributed by atoms with Crippen molar-refractivity contribution in [1.82, 2.24) is 4.57 Å². The van der Waals surface area contributed by atoms with Crippen molar-refractivity contribution in [3.05, 3.63) is 76.6 Å². The number of allylic oxidation sites excluding steroid dienone is 2. The summed E-state index contributed by atoms with van der Waals surface area (Å²) in [6, 6.07) is 1.73. The second kappa shape index (κ2) is 8.61. The first-order chi connectivity index (χ1) is 13.9. The molecule has 0 amide bonds. The summed E-state index contributed by atoms with van der Waals surface area (Å²) >= 11 is 0. The molecule has 0 aliphatic rings. The number of fused-ring (bicyclic) bond motifs is 1. The molecule has 0 radical (unpaired) electrons. The molecular formula is C22H23F3N2O3. The van der Waals surface area contributed by atoms with Gasteiger partial charge in [0.2, 0.25) is 5.43 Å². The number of rotatable bonds is 7. The number of halogens is 3. The lowest BCUT2D eigenvalue weighted by atomic mass is 10.0. The lowest BCUT2D eigenvalue weighted by Gasteiger charge is -2.26. The highest BCUT2D eigenvalue weighted by atomic mass is 19.4. The molecule has 0 spiro atoms. The Hall–Kier alpha value is -3.29. The van der Waals surface area contributed by atoms with E-state index in [9.17, 15) is 27.9 Å². The van der Waals surface area contributed by atoms with Crippen LogP contribution in [0.15, 0.2) is 60.1 Å². The normalized spacial score (nSPS) is 12.3. The summed E-state index contributed by atoms with van der Waals surface area (Å²) in [7, 11) is 1.50. The molecule has 0 saturated carbocycles. The molecule has 1 heterocycles. The van der Waals surface area contributed by atoms with Gasteiger partial charge in [-0.25, -0.2) is 4.79 Å². The summed E-state index contributed by atoms with van der Waals surface area (Å²) in [5.74, 6) is -1.49. The molecule has 1 aromatic carbocycles. The molecule has 30 heavy (non-hydrogen) atoms. The van der Waals surface area contributed by atoms with Crippen LogP contribution in [0.4, 0.5) is 18.9 Å². The lowest BCUT2D eigenvalue weighted by Crippen LogP contribution is -2.25. The van der Waals surface area contributed by atoms with E-state index in [0.29, 0.717) is 5.57 Å². The van der Waals surface area contributed by atoms with Crippen LogP contribution in [0, 0.1) is 0 Å². The average Bonchev–Trinajstić information content (AvgIpc) is 2.65. The number of aromatic nitrogens is 1. The molecule has 0 saturated heterocycles. The van der Waals surface area contributed by atoms with Crippen LogP contribution in [0.25, 0.3) is 10.9 Å². The molecule has 2 aromatic rings. The molecule has 5 nitrogen and oxygen atoms in total. The topological polar surface area (TPSA) is 62.5 Å².